The molecule has 0 radical (unpaired) electrons. The molecule has 0 aliphatic carbocycles. The van der Waals surface area contributed by atoms with Crippen LogP contribution in [0.25, 0.3) is 0 Å². The maximum absolute atomic E-state index is 13.6. The number of carbonyl (C=O) groups is 2. The Bertz CT molecular complexity index is 905. The number of para-hydroxylation sites is 1. The molecule has 0 aromatic heterocycles. The fraction of sp³-hybridized carbons (Fsp3) is 0.300. The molecule has 1 heterocycles. The summed E-state index contributed by atoms with van der Waals surface area (Å²) in [4.78, 5) is 26.3. The van der Waals surface area contributed by atoms with Crippen LogP contribution in [0.2, 0.25) is 5.02 Å². The lowest BCUT2D eigenvalue weighted by Gasteiger charge is -2.31. The minimum atomic E-state index is -0.957. The molecule has 0 atom stereocenters. The Balaban J connectivity index is 1.57. The van der Waals surface area contributed by atoms with Crippen molar-refractivity contribution < 1.29 is 23.1 Å². The van der Waals surface area contributed by atoms with Crippen molar-refractivity contribution in [2.45, 2.75) is 6.42 Å². The molecule has 0 saturated carbocycles. The Hall–Kier alpha value is -2.71. The van der Waals surface area contributed by atoms with Crippen LogP contribution in [0, 0.1) is 11.6 Å². The predicted molar refractivity (Wildman–Crippen MR) is 106 cm³/mol. The van der Waals surface area contributed by atoms with Crippen LogP contribution < -0.4 is 15.5 Å². The number of halogens is 3. The largest absolute Gasteiger partial charge is 0.378 e. The van der Waals surface area contributed by atoms with Gasteiger partial charge in [-0.15, -0.1) is 0 Å². The molecule has 29 heavy (non-hydrogen) atoms. The maximum Gasteiger partial charge on any atom is 0.254 e. The number of rotatable bonds is 6. The smallest absolute Gasteiger partial charge is 0.254 e. The first-order chi connectivity index (χ1) is 14.0. The van der Waals surface area contributed by atoms with Gasteiger partial charge >= 0.3 is 0 Å². The highest BCUT2D eigenvalue weighted by Gasteiger charge is 2.19. The second-order valence-corrected chi connectivity index (χ2v) is 6.82. The molecule has 2 aromatic rings. The van der Waals surface area contributed by atoms with Gasteiger partial charge in [-0.3, -0.25) is 9.59 Å². The van der Waals surface area contributed by atoms with E-state index in [2.05, 4.69) is 10.6 Å². The van der Waals surface area contributed by atoms with Crippen LogP contribution in [0.4, 0.5) is 20.2 Å². The highest BCUT2D eigenvalue weighted by atomic mass is 35.5. The van der Waals surface area contributed by atoms with Crippen molar-refractivity contribution in [1.29, 1.82) is 0 Å². The van der Waals surface area contributed by atoms with Crippen molar-refractivity contribution in [2.24, 2.45) is 0 Å². The average molecular weight is 424 g/mol. The standard InChI is InChI=1S/C20H20ClF2N3O3/c21-15-2-1-3-17(19(15)26-8-10-29-11-9-26)25-18(27)6-7-24-20(28)14-5-4-13(22)12-16(14)23/h1-5,12H,6-11H2,(H,24,28)(H,25,27). The molecule has 0 bridgehead atoms. The molecule has 6 nitrogen and oxygen atoms in total. The number of morpholine rings is 1. The SMILES string of the molecule is O=C(CCNC(=O)c1ccc(F)cc1F)Nc1cccc(Cl)c1N1CCOCC1. The Morgan fingerprint density at radius 2 is 1.90 bits per heavy atom. The summed E-state index contributed by atoms with van der Waals surface area (Å²) in [5.74, 6) is -2.77. The number of hydrogen-bond acceptors (Lipinski definition) is 4. The second-order valence-electron chi connectivity index (χ2n) is 6.41. The number of carbonyl (C=O) groups excluding carboxylic acids is 2. The van der Waals surface area contributed by atoms with Gasteiger partial charge in [0.2, 0.25) is 5.91 Å². The lowest BCUT2D eigenvalue weighted by atomic mass is 10.2. The number of nitrogens with one attached hydrogen (secondary N) is 2. The van der Waals surface area contributed by atoms with E-state index in [-0.39, 0.29) is 24.4 Å². The third-order valence-electron chi connectivity index (χ3n) is 4.40. The summed E-state index contributed by atoms with van der Waals surface area (Å²) >= 11 is 6.33. The van der Waals surface area contributed by atoms with Crippen LogP contribution in [0.3, 0.4) is 0 Å². The van der Waals surface area contributed by atoms with E-state index in [1.165, 1.54) is 0 Å². The van der Waals surface area contributed by atoms with Gasteiger partial charge in [0, 0.05) is 32.1 Å². The van der Waals surface area contributed by atoms with E-state index in [4.69, 9.17) is 16.3 Å². The first kappa shape index (κ1) is 21.0. The summed E-state index contributed by atoms with van der Waals surface area (Å²) in [5.41, 5.74) is 1.01. The van der Waals surface area contributed by atoms with E-state index >= 15 is 0 Å². The van der Waals surface area contributed by atoms with Gasteiger partial charge in [-0.1, -0.05) is 17.7 Å². The number of nitrogens with zero attached hydrogens (tertiary/aromatic N) is 1. The number of anilines is 2. The lowest BCUT2D eigenvalue weighted by molar-refractivity contribution is -0.116. The van der Waals surface area contributed by atoms with Gasteiger partial charge in [0.25, 0.3) is 5.91 Å². The minimum Gasteiger partial charge on any atom is -0.378 e. The number of hydrogen-bond donors (Lipinski definition) is 2. The summed E-state index contributed by atoms with van der Waals surface area (Å²) in [6.07, 6.45) is -0.0242. The third-order valence-corrected chi connectivity index (χ3v) is 4.71. The molecule has 154 valence electrons. The highest BCUT2D eigenvalue weighted by Crippen LogP contribution is 2.34. The van der Waals surface area contributed by atoms with E-state index in [9.17, 15) is 18.4 Å². The number of amides is 2. The van der Waals surface area contributed by atoms with Gasteiger partial charge in [-0.2, -0.15) is 0 Å². The fourth-order valence-electron chi connectivity index (χ4n) is 3.00. The molecule has 1 aliphatic heterocycles. The molecule has 1 aliphatic rings. The van der Waals surface area contributed by atoms with Crippen LogP contribution in [0.1, 0.15) is 16.8 Å². The fourth-order valence-corrected chi connectivity index (χ4v) is 3.29. The van der Waals surface area contributed by atoms with Crippen molar-refractivity contribution in [3.05, 3.63) is 58.6 Å². The van der Waals surface area contributed by atoms with Gasteiger partial charge < -0.3 is 20.3 Å². The van der Waals surface area contributed by atoms with E-state index < -0.39 is 17.5 Å². The Labute approximate surface area is 171 Å². The Morgan fingerprint density at radius 3 is 2.62 bits per heavy atom. The van der Waals surface area contributed by atoms with Crippen molar-refractivity contribution in [3.8, 4) is 0 Å². The van der Waals surface area contributed by atoms with Crippen molar-refractivity contribution in [3.63, 3.8) is 0 Å². The maximum atomic E-state index is 13.6. The van der Waals surface area contributed by atoms with Crippen molar-refractivity contribution in [2.75, 3.05) is 43.1 Å². The van der Waals surface area contributed by atoms with E-state index in [0.29, 0.717) is 43.1 Å². The zero-order valence-electron chi connectivity index (χ0n) is 15.5. The topological polar surface area (TPSA) is 70.7 Å². The lowest BCUT2D eigenvalue weighted by Crippen LogP contribution is -2.37. The molecule has 9 heteroatoms. The normalized spacial score (nSPS) is 13.8. The summed E-state index contributed by atoms with van der Waals surface area (Å²) in [6, 6.07) is 7.92. The quantitative estimate of drug-likeness (QED) is 0.748. The summed E-state index contributed by atoms with van der Waals surface area (Å²) in [6.45, 7) is 2.46. The third kappa shape index (κ3) is 5.42. The molecule has 3 rings (SSSR count). The second kappa shape index (κ2) is 9.67. The monoisotopic (exact) mass is 423 g/mol. The van der Waals surface area contributed by atoms with Gasteiger partial charge in [0.1, 0.15) is 11.6 Å². The number of ether oxygens (including phenoxy) is 1. The van der Waals surface area contributed by atoms with Gasteiger partial charge in [0.05, 0.1) is 35.2 Å². The molecule has 2 aromatic carbocycles. The van der Waals surface area contributed by atoms with Crippen LogP contribution >= 0.6 is 11.6 Å². The van der Waals surface area contributed by atoms with E-state index in [1.54, 1.807) is 18.2 Å². The zero-order chi connectivity index (χ0) is 20.8. The summed E-state index contributed by atoms with van der Waals surface area (Å²) in [7, 11) is 0. The first-order valence-electron chi connectivity index (χ1n) is 9.10. The molecule has 1 saturated heterocycles. The van der Waals surface area contributed by atoms with Crippen LogP contribution in [-0.2, 0) is 9.53 Å². The minimum absolute atomic E-state index is 0.00502. The van der Waals surface area contributed by atoms with Crippen LogP contribution in [0.5, 0.6) is 0 Å². The molecule has 0 spiro atoms. The van der Waals surface area contributed by atoms with Gasteiger partial charge in [-0.05, 0) is 24.3 Å². The molecule has 0 unspecified atom stereocenters. The van der Waals surface area contributed by atoms with Gasteiger partial charge in [-0.25, -0.2) is 8.78 Å². The van der Waals surface area contributed by atoms with E-state index in [0.717, 1.165) is 17.8 Å². The molecule has 2 N–H and O–H groups in total. The zero-order valence-corrected chi connectivity index (χ0v) is 16.3. The van der Waals surface area contributed by atoms with E-state index in [1.807, 2.05) is 4.90 Å². The van der Waals surface area contributed by atoms with Crippen molar-refractivity contribution >= 4 is 34.8 Å². The Kier molecular flexibility index (Phi) is 7.00. The molecular formula is C20H20ClF2N3O3. The van der Waals surface area contributed by atoms with Crippen molar-refractivity contribution in [1.82, 2.24) is 5.32 Å². The average Bonchev–Trinajstić information content (AvgIpc) is 2.68. The summed E-state index contributed by atoms with van der Waals surface area (Å²) < 4.78 is 31.9. The summed E-state index contributed by atoms with van der Waals surface area (Å²) in [5, 5.41) is 5.77. The van der Waals surface area contributed by atoms with Crippen LogP contribution in [0.15, 0.2) is 36.4 Å². The number of benzene rings is 2. The first-order valence-corrected chi connectivity index (χ1v) is 9.48. The molecular weight excluding hydrogens is 404 g/mol. The molecule has 1 fully saturated rings. The highest BCUT2D eigenvalue weighted by molar-refractivity contribution is 6.34. The molecule has 2 amide bonds. The van der Waals surface area contributed by atoms with Gasteiger partial charge in [0.15, 0.2) is 0 Å². The van der Waals surface area contributed by atoms with Crippen LogP contribution in [-0.4, -0.2) is 44.7 Å². The Morgan fingerprint density at radius 1 is 1.14 bits per heavy atom. The predicted octanol–water partition coefficient (Wildman–Crippen LogP) is 3.21.